The van der Waals surface area contributed by atoms with Crippen LogP contribution in [0.2, 0.25) is 0 Å². The van der Waals surface area contributed by atoms with Gasteiger partial charge in [0.25, 0.3) is 5.91 Å². The number of hydrogen-bond donors (Lipinski definition) is 1. The third-order valence-electron chi connectivity index (χ3n) is 3.89. The first-order valence-corrected chi connectivity index (χ1v) is 8.49. The van der Waals surface area contributed by atoms with Gasteiger partial charge in [-0.25, -0.2) is 10.1 Å². The first-order chi connectivity index (χ1) is 12.4. The van der Waals surface area contributed by atoms with Gasteiger partial charge in [0.15, 0.2) is 0 Å². The Morgan fingerprint density at radius 1 is 1.04 bits per heavy atom. The largest absolute Gasteiger partial charge is 0.290 e. The Hall–Kier alpha value is -3.21. The zero-order chi connectivity index (χ0) is 18.6. The summed E-state index contributed by atoms with van der Waals surface area (Å²) in [7, 11) is 0. The minimum absolute atomic E-state index is 0.164. The number of nitrogens with one attached hydrogen (secondary N) is 1. The van der Waals surface area contributed by atoms with Gasteiger partial charge in [-0.05, 0) is 23.8 Å². The molecule has 0 saturated carbocycles. The van der Waals surface area contributed by atoms with Gasteiger partial charge in [-0.2, -0.15) is 10.2 Å². The first-order valence-electron chi connectivity index (χ1n) is 8.49. The fourth-order valence-electron chi connectivity index (χ4n) is 2.44. The molecule has 1 aromatic heterocycles. The number of amides is 1. The van der Waals surface area contributed by atoms with Crippen LogP contribution >= 0.6 is 0 Å². The Balaban J connectivity index is 1.89. The number of hydrazone groups is 1. The van der Waals surface area contributed by atoms with Crippen molar-refractivity contribution in [3.05, 3.63) is 83.7 Å². The standard InChI is InChI=1S/C21H22N4O/c1-21(2,3)19-14-18(25(24-19)17-12-8-5-9-13-17)20(26)23-22-15-16-10-6-4-7-11-16/h4-15H,1-3H3,(H,23,26)/b22-15+. The van der Waals surface area contributed by atoms with Crippen molar-refractivity contribution >= 4 is 12.1 Å². The fraction of sp³-hybridized carbons (Fsp3) is 0.190. The van der Waals surface area contributed by atoms with Gasteiger partial charge in [-0.3, -0.25) is 4.79 Å². The molecule has 1 amide bonds. The summed E-state index contributed by atoms with van der Waals surface area (Å²) < 4.78 is 1.66. The van der Waals surface area contributed by atoms with Crippen molar-refractivity contribution in [1.82, 2.24) is 15.2 Å². The minimum atomic E-state index is -0.302. The second-order valence-electron chi connectivity index (χ2n) is 7.02. The van der Waals surface area contributed by atoms with Gasteiger partial charge in [-0.1, -0.05) is 69.3 Å². The Morgan fingerprint density at radius 3 is 2.27 bits per heavy atom. The molecule has 0 bridgehead atoms. The van der Waals surface area contributed by atoms with Gasteiger partial charge >= 0.3 is 0 Å². The van der Waals surface area contributed by atoms with E-state index in [9.17, 15) is 4.79 Å². The minimum Gasteiger partial charge on any atom is -0.266 e. The highest BCUT2D eigenvalue weighted by Crippen LogP contribution is 2.23. The second-order valence-corrected chi connectivity index (χ2v) is 7.02. The van der Waals surface area contributed by atoms with Crippen molar-refractivity contribution in [2.75, 3.05) is 0 Å². The Morgan fingerprint density at radius 2 is 1.65 bits per heavy atom. The zero-order valence-corrected chi connectivity index (χ0v) is 15.2. The second kappa shape index (κ2) is 7.35. The number of nitrogens with zero attached hydrogens (tertiary/aromatic N) is 3. The maximum absolute atomic E-state index is 12.7. The fourth-order valence-corrected chi connectivity index (χ4v) is 2.44. The lowest BCUT2D eigenvalue weighted by Crippen LogP contribution is -2.21. The van der Waals surface area contributed by atoms with Gasteiger partial charge in [-0.15, -0.1) is 0 Å². The number of aromatic nitrogens is 2. The Kier molecular flexibility index (Phi) is 4.98. The molecule has 0 aliphatic carbocycles. The zero-order valence-electron chi connectivity index (χ0n) is 15.2. The number of rotatable bonds is 4. The first kappa shape index (κ1) is 17.6. The van der Waals surface area contributed by atoms with E-state index in [0.29, 0.717) is 5.69 Å². The Labute approximate surface area is 153 Å². The van der Waals surface area contributed by atoms with Crippen molar-refractivity contribution in [3.8, 4) is 5.69 Å². The predicted octanol–water partition coefficient (Wildman–Crippen LogP) is 3.93. The summed E-state index contributed by atoms with van der Waals surface area (Å²) in [4.78, 5) is 12.7. The molecule has 0 atom stereocenters. The summed E-state index contributed by atoms with van der Waals surface area (Å²) in [5.74, 6) is -0.302. The summed E-state index contributed by atoms with van der Waals surface area (Å²) in [5.41, 5.74) is 5.47. The molecule has 1 heterocycles. The molecule has 3 rings (SSSR count). The van der Waals surface area contributed by atoms with Crippen LogP contribution in [0.4, 0.5) is 0 Å². The lowest BCUT2D eigenvalue weighted by Gasteiger charge is -2.14. The average molecular weight is 346 g/mol. The highest BCUT2D eigenvalue weighted by Gasteiger charge is 2.23. The molecule has 1 N–H and O–H groups in total. The van der Waals surface area contributed by atoms with E-state index < -0.39 is 0 Å². The topological polar surface area (TPSA) is 59.3 Å². The SMILES string of the molecule is CC(C)(C)c1cc(C(=O)N/N=C/c2ccccc2)n(-c2ccccc2)n1. The third kappa shape index (κ3) is 4.06. The van der Waals surface area contributed by atoms with Gasteiger partial charge < -0.3 is 0 Å². The van der Waals surface area contributed by atoms with Gasteiger partial charge in [0.2, 0.25) is 0 Å². The maximum atomic E-state index is 12.7. The maximum Gasteiger partial charge on any atom is 0.290 e. The number of carbonyl (C=O) groups excluding carboxylic acids is 1. The summed E-state index contributed by atoms with van der Waals surface area (Å²) in [6, 6.07) is 21.0. The van der Waals surface area contributed by atoms with E-state index in [1.54, 1.807) is 10.9 Å². The highest BCUT2D eigenvalue weighted by molar-refractivity contribution is 5.94. The molecular formula is C21H22N4O. The lowest BCUT2D eigenvalue weighted by atomic mass is 9.92. The lowest BCUT2D eigenvalue weighted by molar-refractivity contribution is 0.0947. The van der Waals surface area contributed by atoms with Crippen molar-refractivity contribution in [2.24, 2.45) is 5.10 Å². The molecule has 26 heavy (non-hydrogen) atoms. The van der Waals surface area contributed by atoms with Crippen LogP contribution in [0.25, 0.3) is 5.69 Å². The molecule has 3 aromatic rings. The smallest absolute Gasteiger partial charge is 0.266 e. The van der Waals surface area contributed by atoms with E-state index in [1.165, 1.54) is 0 Å². The number of benzene rings is 2. The molecule has 132 valence electrons. The van der Waals surface area contributed by atoms with Crippen LogP contribution in [0.3, 0.4) is 0 Å². The number of para-hydroxylation sites is 1. The molecule has 0 radical (unpaired) electrons. The third-order valence-corrected chi connectivity index (χ3v) is 3.89. The molecule has 0 aliphatic rings. The van der Waals surface area contributed by atoms with Crippen molar-refractivity contribution in [3.63, 3.8) is 0 Å². The molecule has 0 saturated heterocycles. The van der Waals surface area contributed by atoms with Crippen LogP contribution in [0, 0.1) is 0 Å². The molecule has 0 fully saturated rings. The highest BCUT2D eigenvalue weighted by atomic mass is 16.2. The number of hydrogen-bond acceptors (Lipinski definition) is 3. The summed E-state index contributed by atoms with van der Waals surface area (Å²) in [5, 5.41) is 8.70. The van der Waals surface area contributed by atoms with E-state index >= 15 is 0 Å². The van der Waals surface area contributed by atoms with E-state index in [1.807, 2.05) is 66.7 Å². The Bertz CT molecular complexity index is 906. The van der Waals surface area contributed by atoms with E-state index in [-0.39, 0.29) is 11.3 Å². The van der Waals surface area contributed by atoms with Crippen LogP contribution in [-0.4, -0.2) is 21.9 Å². The van der Waals surface area contributed by atoms with Crippen LogP contribution < -0.4 is 5.43 Å². The van der Waals surface area contributed by atoms with E-state index in [0.717, 1.165) is 16.9 Å². The van der Waals surface area contributed by atoms with Crippen molar-refractivity contribution in [1.29, 1.82) is 0 Å². The van der Waals surface area contributed by atoms with Crippen molar-refractivity contribution in [2.45, 2.75) is 26.2 Å². The van der Waals surface area contributed by atoms with Crippen LogP contribution in [0.15, 0.2) is 71.8 Å². The van der Waals surface area contributed by atoms with Crippen LogP contribution in [0.5, 0.6) is 0 Å². The molecule has 0 unspecified atom stereocenters. The summed E-state index contributed by atoms with van der Waals surface area (Å²) >= 11 is 0. The van der Waals surface area contributed by atoms with Gasteiger partial charge in [0.1, 0.15) is 5.69 Å². The van der Waals surface area contributed by atoms with Gasteiger partial charge in [0.05, 0.1) is 17.6 Å². The van der Waals surface area contributed by atoms with Crippen LogP contribution in [0.1, 0.15) is 42.5 Å². The summed E-state index contributed by atoms with van der Waals surface area (Å²) in [6.45, 7) is 6.21. The monoisotopic (exact) mass is 346 g/mol. The molecule has 5 heteroatoms. The van der Waals surface area contributed by atoms with Crippen LogP contribution in [-0.2, 0) is 5.41 Å². The average Bonchev–Trinajstić information content (AvgIpc) is 3.09. The summed E-state index contributed by atoms with van der Waals surface area (Å²) in [6.07, 6.45) is 1.62. The molecule has 5 nitrogen and oxygen atoms in total. The predicted molar refractivity (Wildman–Crippen MR) is 104 cm³/mol. The molecule has 0 spiro atoms. The normalized spacial score (nSPS) is 11.7. The quantitative estimate of drug-likeness (QED) is 0.575. The van der Waals surface area contributed by atoms with Crippen molar-refractivity contribution < 1.29 is 4.79 Å². The molecule has 0 aliphatic heterocycles. The molecular weight excluding hydrogens is 324 g/mol. The van der Waals surface area contributed by atoms with E-state index in [4.69, 9.17) is 0 Å². The number of carbonyl (C=O) groups is 1. The molecule has 2 aromatic carbocycles. The van der Waals surface area contributed by atoms with E-state index in [2.05, 4.69) is 36.4 Å². The van der Waals surface area contributed by atoms with Gasteiger partial charge in [0, 0.05) is 5.41 Å².